The van der Waals surface area contributed by atoms with Crippen LogP contribution >= 0.6 is 11.6 Å². The Balaban J connectivity index is 2.05. The largest absolute Gasteiger partial charge is 0.357 e. The third-order valence-corrected chi connectivity index (χ3v) is 8.00. The average molecular weight is 528 g/mol. The van der Waals surface area contributed by atoms with Gasteiger partial charge in [-0.3, -0.25) is 13.9 Å². The Morgan fingerprint density at radius 1 is 0.944 bits per heavy atom. The van der Waals surface area contributed by atoms with E-state index in [2.05, 4.69) is 5.32 Å². The molecule has 0 bridgehead atoms. The van der Waals surface area contributed by atoms with Crippen molar-refractivity contribution in [2.24, 2.45) is 0 Å². The minimum absolute atomic E-state index is 0.0524. The number of amides is 2. The van der Waals surface area contributed by atoms with Gasteiger partial charge in [-0.25, -0.2) is 8.42 Å². The predicted octanol–water partition coefficient (Wildman–Crippen LogP) is 4.40. The first-order valence-corrected chi connectivity index (χ1v) is 13.4. The molecule has 3 aromatic carbocycles. The van der Waals surface area contributed by atoms with E-state index in [-0.39, 0.29) is 17.3 Å². The highest BCUT2D eigenvalue weighted by molar-refractivity contribution is 7.92. The van der Waals surface area contributed by atoms with Gasteiger partial charge >= 0.3 is 0 Å². The first-order chi connectivity index (χ1) is 17.2. The Bertz CT molecular complexity index is 1300. The molecule has 3 aromatic rings. The number of aryl methyl sites for hydroxylation is 1. The standard InChI is InChI=1S/C27H30ClN3O4S/c1-4-25(27(33)29-3)30(18-21-11-9-8-10-20(21)2)26(32)19-31(23-16-14-22(28)15-17-23)36(34,35)24-12-6-5-7-13-24/h5-17,25H,4,18-19H2,1-3H3,(H,29,33). The molecule has 36 heavy (non-hydrogen) atoms. The summed E-state index contributed by atoms with van der Waals surface area (Å²) in [5.41, 5.74) is 2.13. The summed E-state index contributed by atoms with van der Waals surface area (Å²) in [5, 5.41) is 3.06. The topological polar surface area (TPSA) is 86.8 Å². The molecule has 0 fully saturated rings. The summed E-state index contributed by atoms with van der Waals surface area (Å²) in [6.45, 7) is 3.42. The van der Waals surface area contributed by atoms with Gasteiger partial charge in [-0.2, -0.15) is 0 Å². The van der Waals surface area contributed by atoms with Gasteiger partial charge in [-0.05, 0) is 60.9 Å². The Morgan fingerprint density at radius 2 is 1.56 bits per heavy atom. The molecule has 0 heterocycles. The Morgan fingerprint density at radius 3 is 2.14 bits per heavy atom. The van der Waals surface area contributed by atoms with E-state index in [4.69, 9.17) is 11.6 Å². The van der Waals surface area contributed by atoms with Gasteiger partial charge < -0.3 is 10.2 Å². The van der Waals surface area contributed by atoms with Crippen molar-refractivity contribution in [2.45, 2.75) is 37.8 Å². The van der Waals surface area contributed by atoms with Gasteiger partial charge in [0, 0.05) is 18.6 Å². The summed E-state index contributed by atoms with van der Waals surface area (Å²) in [7, 11) is -2.58. The number of hydrogen-bond acceptors (Lipinski definition) is 4. The minimum Gasteiger partial charge on any atom is -0.357 e. The number of rotatable bonds is 10. The molecule has 0 spiro atoms. The SMILES string of the molecule is CCC(C(=O)NC)N(Cc1ccccc1C)C(=O)CN(c1ccc(Cl)cc1)S(=O)(=O)c1ccccc1. The fourth-order valence-corrected chi connectivity index (χ4v) is 5.47. The van der Waals surface area contributed by atoms with Crippen molar-refractivity contribution < 1.29 is 18.0 Å². The number of hydrogen-bond donors (Lipinski definition) is 1. The van der Waals surface area contributed by atoms with E-state index >= 15 is 0 Å². The summed E-state index contributed by atoms with van der Waals surface area (Å²) in [6, 6.07) is 21.0. The van der Waals surface area contributed by atoms with E-state index in [0.29, 0.717) is 17.1 Å². The van der Waals surface area contributed by atoms with E-state index in [0.717, 1.165) is 15.4 Å². The van der Waals surface area contributed by atoms with Crippen LogP contribution in [-0.4, -0.2) is 44.8 Å². The maximum Gasteiger partial charge on any atom is 0.264 e. The van der Waals surface area contributed by atoms with Crippen molar-refractivity contribution in [3.05, 3.63) is 95.0 Å². The van der Waals surface area contributed by atoms with Crippen molar-refractivity contribution in [2.75, 3.05) is 17.9 Å². The zero-order chi connectivity index (χ0) is 26.3. The highest BCUT2D eigenvalue weighted by atomic mass is 35.5. The zero-order valence-electron chi connectivity index (χ0n) is 20.5. The van der Waals surface area contributed by atoms with Gasteiger partial charge in [-0.1, -0.05) is 61.0 Å². The molecule has 1 atom stereocenters. The molecule has 7 nitrogen and oxygen atoms in total. The average Bonchev–Trinajstić information content (AvgIpc) is 2.89. The summed E-state index contributed by atoms with van der Waals surface area (Å²) in [6.07, 6.45) is 0.365. The predicted molar refractivity (Wildman–Crippen MR) is 142 cm³/mol. The van der Waals surface area contributed by atoms with Crippen LogP contribution in [0.2, 0.25) is 5.02 Å². The number of halogens is 1. The lowest BCUT2D eigenvalue weighted by Gasteiger charge is -2.33. The number of carbonyl (C=O) groups is 2. The fourth-order valence-electron chi connectivity index (χ4n) is 3.91. The molecule has 3 rings (SSSR count). The summed E-state index contributed by atoms with van der Waals surface area (Å²) in [5.74, 6) is -0.813. The monoisotopic (exact) mass is 527 g/mol. The molecule has 1 unspecified atom stereocenters. The second-order valence-corrected chi connectivity index (χ2v) is 10.6. The third-order valence-electron chi connectivity index (χ3n) is 5.96. The summed E-state index contributed by atoms with van der Waals surface area (Å²) in [4.78, 5) is 28.0. The van der Waals surface area contributed by atoms with Crippen LogP contribution in [0.5, 0.6) is 0 Å². The lowest BCUT2D eigenvalue weighted by atomic mass is 10.1. The van der Waals surface area contributed by atoms with Crippen molar-refractivity contribution in [3.63, 3.8) is 0 Å². The molecule has 0 aliphatic rings. The molecular weight excluding hydrogens is 498 g/mol. The number of carbonyl (C=O) groups excluding carboxylic acids is 2. The fraction of sp³-hybridized carbons (Fsp3) is 0.259. The number of benzene rings is 3. The van der Waals surface area contributed by atoms with E-state index in [9.17, 15) is 18.0 Å². The number of likely N-dealkylation sites (N-methyl/N-ethyl adjacent to an activating group) is 1. The molecule has 0 aliphatic heterocycles. The zero-order valence-corrected chi connectivity index (χ0v) is 22.1. The highest BCUT2D eigenvalue weighted by Crippen LogP contribution is 2.26. The Hall–Kier alpha value is -3.36. The second kappa shape index (κ2) is 12.1. The van der Waals surface area contributed by atoms with Crippen molar-refractivity contribution in [3.8, 4) is 0 Å². The molecule has 0 saturated carbocycles. The quantitative estimate of drug-likeness (QED) is 0.423. The smallest absolute Gasteiger partial charge is 0.264 e. The molecule has 190 valence electrons. The molecule has 0 radical (unpaired) electrons. The number of sulfonamides is 1. The van der Waals surface area contributed by atoms with Gasteiger partial charge in [-0.15, -0.1) is 0 Å². The Labute approximate surface area is 217 Å². The van der Waals surface area contributed by atoms with Gasteiger partial charge in [0.15, 0.2) is 0 Å². The molecule has 9 heteroatoms. The van der Waals surface area contributed by atoms with Crippen LogP contribution in [-0.2, 0) is 26.2 Å². The molecule has 0 aromatic heterocycles. The maximum atomic E-state index is 13.8. The number of anilines is 1. The van der Waals surface area contributed by atoms with Crippen LogP contribution in [0.1, 0.15) is 24.5 Å². The minimum atomic E-state index is -4.09. The van der Waals surface area contributed by atoms with Crippen molar-refractivity contribution >= 4 is 39.1 Å². The molecular formula is C27H30ClN3O4S. The molecule has 2 amide bonds. The first-order valence-electron chi connectivity index (χ1n) is 11.6. The van der Waals surface area contributed by atoms with E-state index < -0.39 is 28.5 Å². The van der Waals surface area contributed by atoms with Crippen molar-refractivity contribution in [1.82, 2.24) is 10.2 Å². The van der Waals surface area contributed by atoms with E-state index in [1.165, 1.54) is 24.1 Å². The van der Waals surface area contributed by atoms with Gasteiger partial charge in [0.2, 0.25) is 11.8 Å². The Kier molecular flexibility index (Phi) is 9.12. The van der Waals surface area contributed by atoms with Gasteiger partial charge in [0.05, 0.1) is 10.6 Å². The van der Waals surface area contributed by atoms with Crippen LogP contribution < -0.4 is 9.62 Å². The maximum absolute atomic E-state index is 13.8. The summed E-state index contributed by atoms with van der Waals surface area (Å²) >= 11 is 6.03. The van der Waals surface area contributed by atoms with Crippen LogP contribution in [0, 0.1) is 6.92 Å². The number of nitrogens with one attached hydrogen (secondary N) is 1. The molecule has 0 aliphatic carbocycles. The van der Waals surface area contributed by atoms with Crippen LogP contribution in [0.15, 0.2) is 83.8 Å². The second-order valence-electron chi connectivity index (χ2n) is 8.29. The van der Waals surface area contributed by atoms with Gasteiger partial charge in [0.1, 0.15) is 12.6 Å². The van der Waals surface area contributed by atoms with E-state index in [1.807, 2.05) is 38.1 Å². The summed E-state index contributed by atoms with van der Waals surface area (Å²) < 4.78 is 28.4. The molecule has 0 saturated heterocycles. The molecule has 1 N–H and O–H groups in total. The van der Waals surface area contributed by atoms with E-state index in [1.54, 1.807) is 42.5 Å². The van der Waals surface area contributed by atoms with Gasteiger partial charge in [0.25, 0.3) is 10.0 Å². The lowest BCUT2D eigenvalue weighted by molar-refractivity contribution is -0.140. The van der Waals surface area contributed by atoms with Crippen LogP contribution in [0.3, 0.4) is 0 Å². The normalized spacial score (nSPS) is 12.0. The van der Waals surface area contributed by atoms with Crippen LogP contribution in [0.25, 0.3) is 0 Å². The van der Waals surface area contributed by atoms with Crippen molar-refractivity contribution in [1.29, 1.82) is 0 Å². The highest BCUT2D eigenvalue weighted by Gasteiger charge is 2.33. The first kappa shape index (κ1) is 27.2. The lowest BCUT2D eigenvalue weighted by Crippen LogP contribution is -2.51. The number of nitrogens with zero attached hydrogens (tertiary/aromatic N) is 2. The third kappa shape index (κ3) is 6.25. The van der Waals surface area contributed by atoms with Crippen LogP contribution in [0.4, 0.5) is 5.69 Å².